The largest absolute Gasteiger partial charge is 0.493 e. The molecule has 1 aliphatic heterocycles. The number of nitrogens with one attached hydrogen (secondary N) is 1. The van der Waals surface area contributed by atoms with E-state index >= 15 is 0 Å². The fourth-order valence-electron chi connectivity index (χ4n) is 2.77. The van der Waals surface area contributed by atoms with Crippen LogP contribution in [0.5, 0.6) is 11.5 Å². The summed E-state index contributed by atoms with van der Waals surface area (Å²) in [5.41, 5.74) is 0. The molecule has 0 bridgehead atoms. The maximum absolute atomic E-state index is 12.1. The first-order chi connectivity index (χ1) is 12.3. The van der Waals surface area contributed by atoms with E-state index in [1.165, 1.54) is 25.6 Å². The highest BCUT2D eigenvalue weighted by molar-refractivity contribution is 5.91. The van der Waals surface area contributed by atoms with Crippen LogP contribution in [0.25, 0.3) is 0 Å². The summed E-state index contributed by atoms with van der Waals surface area (Å²) in [6.45, 7) is 1.85. The topological polar surface area (TPSA) is 76.6 Å². The minimum atomic E-state index is -0.283. The predicted molar refractivity (Wildman–Crippen MR) is 95.2 cm³/mol. The van der Waals surface area contributed by atoms with Crippen molar-refractivity contribution < 1.29 is 14.3 Å². The number of amides is 1. The number of piperidine rings is 1. The van der Waals surface area contributed by atoms with Crippen molar-refractivity contribution in [1.29, 1.82) is 0 Å². The Bertz CT molecular complexity index is 717. The lowest BCUT2D eigenvalue weighted by molar-refractivity contribution is -0.118. The van der Waals surface area contributed by atoms with E-state index in [-0.39, 0.29) is 12.5 Å². The summed E-state index contributed by atoms with van der Waals surface area (Å²) in [6.07, 6.45) is 5.06. The number of methoxy groups -OCH3 is 1. The molecule has 0 spiro atoms. The van der Waals surface area contributed by atoms with E-state index in [9.17, 15) is 4.79 Å². The molecule has 0 unspecified atom stereocenters. The van der Waals surface area contributed by atoms with Crippen LogP contribution in [0.1, 0.15) is 19.3 Å². The minimum absolute atomic E-state index is 0.122. The van der Waals surface area contributed by atoms with Gasteiger partial charge in [-0.1, -0.05) is 12.1 Å². The van der Waals surface area contributed by atoms with Crippen LogP contribution in [-0.2, 0) is 4.79 Å². The number of benzene rings is 1. The van der Waals surface area contributed by atoms with Crippen LogP contribution in [0.3, 0.4) is 0 Å². The van der Waals surface area contributed by atoms with E-state index in [0.717, 1.165) is 18.9 Å². The van der Waals surface area contributed by atoms with Crippen molar-refractivity contribution in [3.8, 4) is 11.5 Å². The van der Waals surface area contributed by atoms with Crippen LogP contribution in [0, 0.1) is 0 Å². The Hall–Kier alpha value is -2.83. The number of para-hydroxylation sites is 2. The Morgan fingerprint density at radius 3 is 2.68 bits per heavy atom. The molecular weight excluding hydrogens is 320 g/mol. The first kappa shape index (κ1) is 17.0. The van der Waals surface area contributed by atoms with Crippen LogP contribution < -0.4 is 19.7 Å². The molecule has 132 valence electrons. The van der Waals surface area contributed by atoms with Gasteiger partial charge in [-0.05, 0) is 31.4 Å². The molecule has 0 radical (unpaired) electrons. The molecule has 1 aliphatic rings. The molecule has 1 aromatic carbocycles. The van der Waals surface area contributed by atoms with Crippen molar-refractivity contribution in [3.05, 3.63) is 36.7 Å². The summed E-state index contributed by atoms with van der Waals surface area (Å²) in [5, 5.41) is 2.75. The third kappa shape index (κ3) is 4.59. The number of hydrogen-bond donors (Lipinski definition) is 1. The lowest BCUT2D eigenvalue weighted by atomic mass is 10.1. The summed E-state index contributed by atoms with van der Waals surface area (Å²) in [4.78, 5) is 22.8. The molecule has 1 saturated heterocycles. The van der Waals surface area contributed by atoms with Gasteiger partial charge in [0.05, 0.1) is 7.11 Å². The molecule has 2 heterocycles. The van der Waals surface area contributed by atoms with Crippen molar-refractivity contribution in [2.75, 3.05) is 37.0 Å². The summed E-state index contributed by atoms with van der Waals surface area (Å²) < 4.78 is 10.7. The third-order valence-corrected chi connectivity index (χ3v) is 4.03. The van der Waals surface area contributed by atoms with Gasteiger partial charge in [0.2, 0.25) is 0 Å². The first-order valence-electron chi connectivity index (χ1n) is 8.39. The highest BCUT2D eigenvalue weighted by Gasteiger charge is 2.14. The van der Waals surface area contributed by atoms with E-state index in [1.807, 2.05) is 12.1 Å². The Labute approximate surface area is 147 Å². The van der Waals surface area contributed by atoms with Crippen molar-refractivity contribution in [1.82, 2.24) is 9.97 Å². The van der Waals surface area contributed by atoms with Gasteiger partial charge in [0.25, 0.3) is 5.91 Å². The average Bonchev–Trinajstić information content (AvgIpc) is 2.67. The molecule has 1 fully saturated rings. The van der Waals surface area contributed by atoms with Crippen molar-refractivity contribution in [2.24, 2.45) is 0 Å². The van der Waals surface area contributed by atoms with E-state index < -0.39 is 0 Å². The summed E-state index contributed by atoms with van der Waals surface area (Å²) in [6, 6.07) is 9.00. The number of rotatable bonds is 6. The maximum Gasteiger partial charge on any atom is 0.263 e. The van der Waals surface area contributed by atoms with E-state index in [0.29, 0.717) is 17.3 Å². The number of carbonyl (C=O) groups is 1. The molecule has 25 heavy (non-hydrogen) atoms. The fraction of sp³-hybridized carbons (Fsp3) is 0.389. The lowest BCUT2D eigenvalue weighted by Gasteiger charge is -2.27. The summed E-state index contributed by atoms with van der Waals surface area (Å²) >= 11 is 0. The van der Waals surface area contributed by atoms with Crippen LogP contribution in [0.4, 0.5) is 11.6 Å². The molecule has 1 amide bonds. The SMILES string of the molecule is COc1ccccc1OCC(=O)Nc1cc(N2CCCCC2)ncn1. The van der Waals surface area contributed by atoms with Crippen molar-refractivity contribution >= 4 is 17.5 Å². The molecule has 1 aromatic heterocycles. The quantitative estimate of drug-likeness (QED) is 0.869. The zero-order valence-electron chi connectivity index (χ0n) is 14.3. The number of anilines is 2. The highest BCUT2D eigenvalue weighted by Crippen LogP contribution is 2.25. The van der Waals surface area contributed by atoms with Crippen molar-refractivity contribution in [2.45, 2.75) is 19.3 Å². The van der Waals surface area contributed by atoms with Gasteiger partial charge in [-0.25, -0.2) is 9.97 Å². The van der Waals surface area contributed by atoms with Gasteiger partial charge < -0.3 is 19.7 Å². The minimum Gasteiger partial charge on any atom is -0.493 e. The van der Waals surface area contributed by atoms with Gasteiger partial charge in [-0.2, -0.15) is 0 Å². The lowest BCUT2D eigenvalue weighted by Crippen LogP contribution is -2.30. The molecule has 1 N–H and O–H groups in total. The Morgan fingerprint density at radius 2 is 1.92 bits per heavy atom. The van der Waals surface area contributed by atoms with Crippen LogP contribution in [-0.4, -0.2) is 42.7 Å². The number of ether oxygens (including phenoxy) is 2. The van der Waals surface area contributed by atoms with Gasteiger partial charge >= 0.3 is 0 Å². The molecule has 0 saturated carbocycles. The predicted octanol–water partition coefficient (Wildman–Crippen LogP) is 2.49. The van der Waals surface area contributed by atoms with Crippen molar-refractivity contribution in [3.63, 3.8) is 0 Å². The summed E-state index contributed by atoms with van der Waals surface area (Å²) in [5.74, 6) is 2.15. The van der Waals surface area contributed by atoms with Crippen LogP contribution >= 0.6 is 0 Å². The molecular formula is C18H22N4O3. The Balaban J connectivity index is 1.57. The maximum atomic E-state index is 12.1. The average molecular weight is 342 g/mol. The second-order valence-electron chi connectivity index (χ2n) is 5.80. The highest BCUT2D eigenvalue weighted by atomic mass is 16.5. The number of aromatic nitrogens is 2. The van der Waals surface area contributed by atoms with Gasteiger partial charge in [0.1, 0.15) is 18.0 Å². The normalized spacial score (nSPS) is 14.0. The van der Waals surface area contributed by atoms with Gasteiger partial charge in [0, 0.05) is 19.2 Å². The van der Waals surface area contributed by atoms with Crippen LogP contribution in [0.2, 0.25) is 0 Å². The number of hydrogen-bond acceptors (Lipinski definition) is 6. The second kappa shape index (κ2) is 8.32. The number of carbonyl (C=O) groups excluding carboxylic acids is 1. The van der Waals surface area contributed by atoms with Gasteiger partial charge in [-0.15, -0.1) is 0 Å². The van der Waals surface area contributed by atoms with Gasteiger partial charge in [0.15, 0.2) is 18.1 Å². The fourth-order valence-corrected chi connectivity index (χ4v) is 2.77. The Morgan fingerprint density at radius 1 is 1.16 bits per heavy atom. The Kier molecular flexibility index (Phi) is 5.66. The first-order valence-corrected chi connectivity index (χ1v) is 8.39. The zero-order valence-corrected chi connectivity index (χ0v) is 14.3. The molecule has 0 atom stereocenters. The summed E-state index contributed by atoms with van der Waals surface area (Å²) in [7, 11) is 1.56. The number of nitrogens with zero attached hydrogens (tertiary/aromatic N) is 3. The van der Waals surface area contributed by atoms with E-state index in [1.54, 1.807) is 25.3 Å². The molecule has 0 aliphatic carbocycles. The zero-order chi connectivity index (χ0) is 17.5. The smallest absolute Gasteiger partial charge is 0.263 e. The second-order valence-corrected chi connectivity index (χ2v) is 5.80. The van der Waals surface area contributed by atoms with E-state index in [4.69, 9.17) is 9.47 Å². The molecule has 7 heteroatoms. The van der Waals surface area contributed by atoms with Crippen LogP contribution in [0.15, 0.2) is 36.7 Å². The van der Waals surface area contributed by atoms with Gasteiger partial charge in [-0.3, -0.25) is 4.79 Å². The molecule has 3 rings (SSSR count). The molecule has 2 aromatic rings. The molecule has 7 nitrogen and oxygen atoms in total. The monoisotopic (exact) mass is 342 g/mol. The third-order valence-electron chi connectivity index (χ3n) is 4.03. The van der Waals surface area contributed by atoms with E-state index in [2.05, 4.69) is 20.2 Å². The standard InChI is InChI=1S/C18H22N4O3/c1-24-14-7-3-4-8-15(14)25-12-18(23)21-16-11-17(20-13-19-16)22-9-5-2-6-10-22/h3-4,7-8,11,13H,2,5-6,9-10,12H2,1H3,(H,19,20,21,23).